The van der Waals surface area contributed by atoms with Crippen LogP contribution in [0, 0.1) is 10.1 Å². The molecule has 0 atom stereocenters. The topological polar surface area (TPSA) is 113 Å². The summed E-state index contributed by atoms with van der Waals surface area (Å²) in [6.45, 7) is 0. The van der Waals surface area contributed by atoms with Gasteiger partial charge in [0.25, 0.3) is 11.6 Å². The second-order valence-electron chi connectivity index (χ2n) is 8.43. The number of amides is 1. The van der Waals surface area contributed by atoms with Gasteiger partial charge in [0.2, 0.25) is 0 Å². The monoisotopic (exact) mass is 561 g/mol. The van der Waals surface area contributed by atoms with E-state index in [1.807, 2.05) is 60.4 Å². The molecule has 3 aromatic carbocycles. The Morgan fingerprint density at radius 2 is 1.38 bits per heavy atom. The van der Waals surface area contributed by atoms with Crippen molar-refractivity contribution in [3.63, 3.8) is 0 Å². The number of anilines is 5. The van der Waals surface area contributed by atoms with Gasteiger partial charge >= 0.3 is 0 Å². The van der Waals surface area contributed by atoms with Gasteiger partial charge in [-0.2, -0.15) is 0 Å². The molecule has 0 radical (unpaired) electrons. The molecule has 5 rings (SSSR count). The standard InChI is InChI=1S/C28H22N6O3.2ClH/c1-33-16-13-23(14-17-33)30-20-4-2-19(3-5-20)28(35)32-22-8-6-21(7-9-22)31-26-12-15-29-27-18-24(34(36)37)10-11-25(26)27;;/h2-18H,1H3,(H2,29,31,32,35);2*1H/p-1. The molecule has 11 heteroatoms. The summed E-state index contributed by atoms with van der Waals surface area (Å²) in [6, 6.07) is 24.9. The normalized spacial score (nSPS) is 10.1. The number of benzene rings is 3. The number of nitro benzene ring substituents is 1. The highest BCUT2D eigenvalue weighted by atomic mass is 35.5. The SMILES string of the molecule is C[n+]1ccc(Nc2ccc(C(=O)Nc3ccc(Nc4ccnc5cc([N+](=O)[O-])ccc45)cc3)cc2)cc1.[Cl-].[Cl-]. The minimum Gasteiger partial charge on any atom is -1.00 e. The maximum absolute atomic E-state index is 12.7. The number of non-ortho nitro benzene ring substituents is 1. The summed E-state index contributed by atoms with van der Waals surface area (Å²) in [7, 11) is 1.96. The number of carbonyl (C=O) groups excluding carboxylic acids is 1. The second kappa shape index (κ2) is 12.7. The van der Waals surface area contributed by atoms with Gasteiger partial charge in [0, 0.05) is 64.2 Å². The minimum absolute atomic E-state index is 0. The number of halogens is 2. The molecule has 1 amide bonds. The fourth-order valence-electron chi connectivity index (χ4n) is 3.81. The third-order valence-corrected chi connectivity index (χ3v) is 5.77. The lowest BCUT2D eigenvalue weighted by Gasteiger charge is -2.11. The first-order chi connectivity index (χ1) is 17.9. The van der Waals surface area contributed by atoms with Gasteiger partial charge in [0.15, 0.2) is 12.4 Å². The third kappa shape index (κ3) is 6.98. The molecule has 0 spiro atoms. The number of aryl methyl sites for hydroxylation is 1. The molecular formula is C28H23Cl2N6O3-. The Balaban J connectivity index is 0.00000210. The molecule has 0 unspecified atom stereocenters. The van der Waals surface area contributed by atoms with Crippen molar-refractivity contribution in [3.05, 3.63) is 119 Å². The maximum Gasteiger partial charge on any atom is 0.271 e. The van der Waals surface area contributed by atoms with Crippen LogP contribution in [0.4, 0.5) is 34.1 Å². The molecule has 9 nitrogen and oxygen atoms in total. The van der Waals surface area contributed by atoms with Gasteiger partial charge < -0.3 is 40.8 Å². The van der Waals surface area contributed by atoms with Gasteiger partial charge in [-0.1, -0.05) is 0 Å². The zero-order chi connectivity index (χ0) is 25.8. The van der Waals surface area contributed by atoms with Crippen LogP contribution < -0.4 is 45.3 Å². The van der Waals surface area contributed by atoms with Crippen molar-refractivity contribution in [1.29, 1.82) is 0 Å². The lowest BCUT2D eigenvalue weighted by molar-refractivity contribution is -0.671. The molecular weight excluding hydrogens is 539 g/mol. The number of nitro groups is 1. The number of nitrogens with one attached hydrogen (secondary N) is 3. The van der Waals surface area contributed by atoms with E-state index in [1.54, 1.807) is 42.6 Å². The zero-order valence-electron chi connectivity index (χ0n) is 20.6. The summed E-state index contributed by atoms with van der Waals surface area (Å²) in [5.74, 6) is -0.208. The molecule has 2 heterocycles. The molecule has 0 saturated heterocycles. The second-order valence-corrected chi connectivity index (χ2v) is 8.43. The Kier molecular flexibility index (Phi) is 9.38. The minimum atomic E-state index is -0.440. The first-order valence-electron chi connectivity index (χ1n) is 11.5. The number of pyridine rings is 2. The predicted octanol–water partition coefficient (Wildman–Crippen LogP) is -0.285. The van der Waals surface area contributed by atoms with Crippen LogP contribution in [0.5, 0.6) is 0 Å². The van der Waals surface area contributed by atoms with E-state index in [0.29, 0.717) is 16.8 Å². The van der Waals surface area contributed by atoms with Crippen molar-refractivity contribution >= 4 is 50.9 Å². The number of carbonyl (C=O) groups is 1. The van der Waals surface area contributed by atoms with Gasteiger partial charge in [0.1, 0.15) is 7.05 Å². The van der Waals surface area contributed by atoms with E-state index in [-0.39, 0.29) is 36.4 Å². The summed E-state index contributed by atoms with van der Waals surface area (Å²) in [5, 5.41) is 21.3. The summed E-state index contributed by atoms with van der Waals surface area (Å²) >= 11 is 0. The highest BCUT2D eigenvalue weighted by molar-refractivity contribution is 6.04. The van der Waals surface area contributed by atoms with Gasteiger partial charge in [-0.05, 0) is 60.7 Å². The Labute approximate surface area is 236 Å². The van der Waals surface area contributed by atoms with Crippen molar-refractivity contribution in [1.82, 2.24) is 4.98 Å². The van der Waals surface area contributed by atoms with Crippen LogP contribution in [0.1, 0.15) is 10.4 Å². The molecule has 0 aliphatic rings. The van der Waals surface area contributed by atoms with Gasteiger partial charge in [-0.15, -0.1) is 0 Å². The van der Waals surface area contributed by atoms with Gasteiger partial charge in [-0.3, -0.25) is 19.9 Å². The van der Waals surface area contributed by atoms with E-state index in [9.17, 15) is 14.9 Å². The first kappa shape index (κ1) is 28.8. The van der Waals surface area contributed by atoms with E-state index in [1.165, 1.54) is 12.1 Å². The molecule has 0 saturated carbocycles. The number of fused-ring (bicyclic) bond motifs is 1. The Morgan fingerprint density at radius 1 is 0.795 bits per heavy atom. The summed E-state index contributed by atoms with van der Waals surface area (Å²) in [4.78, 5) is 27.5. The lowest BCUT2D eigenvalue weighted by atomic mass is 10.1. The van der Waals surface area contributed by atoms with Crippen LogP contribution >= 0.6 is 0 Å². The van der Waals surface area contributed by atoms with Crippen LogP contribution in [0.15, 0.2) is 104 Å². The molecule has 0 fully saturated rings. The average Bonchev–Trinajstić information content (AvgIpc) is 2.91. The van der Waals surface area contributed by atoms with Gasteiger partial charge in [0.05, 0.1) is 16.1 Å². The number of hydrogen-bond acceptors (Lipinski definition) is 6. The van der Waals surface area contributed by atoms with Crippen LogP contribution in [0.25, 0.3) is 10.9 Å². The predicted molar refractivity (Wildman–Crippen MR) is 143 cm³/mol. The van der Waals surface area contributed by atoms with E-state index in [4.69, 9.17) is 0 Å². The maximum atomic E-state index is 12.7. The highest BCUT2D eigenvalue weighted by Gasteiger charge is 2.10. The van der Waals surface area contributed by atoms with Crippen LogP contribution in [0.2, 0.25) is 0 Å². The van der Waals surface area contributed by atoms with Crippen LogP contribution in [-0.4, -0.2) is 15.8 Å². The van der Waals surface area contributed by atoms with E-state index >= 15 is 0 Å². The quantitative estimate of drug-likeness (QED) is 0.143. The Morgan fingerprint density at radius 3 is 2.05 bits per heavy atom. The first-order valence-corrected chi connectivity index (χ1v) is 11.5. The largest absolute Gasteiger partial charge is 1.00 e. The van der Waals surface area contributed by atoms with Crippen molar-refractivity contribution in [2.75, 3.05) is 16.0 Å². The summed E-state index contributed by atoms with van der Waals surface area (Å²) in [6.07, 6.45) is 5.51. The number of rotatable bonds is 7. The van der Waals surface area contributed by atoms with Crippen molar-refractivity contribution in [3.8, 4) is 0 Å². The molecule has 0 aliphatic carbocycles. The van der Waals surface area contributed by atoms with Crippen LogP contribution in [-0.2, 0) is 7.05 Å². The smallest absolute Gasteiger partial charge is 0.271 e. The molecule has 198 valence electrons. The summed E-state index contributed by atoms with van der Waals surface area (Å²) in [5.41, 5.74) is 5.15. The van der Waals surface area contributed by atoms with Gasteiger partial charge in [-0.25, -0.2) is 4.57 Å². The fraction of sp³-hybridized carbons (Fsp3) is 0.0357. The van der Waals surface area contributed by atoms with Crippen molar-refractivity contribution in [2.24, 2.45) is 7.05 Å². The number of hydrogen-bond donors (Lipinski definition) is 3. The number of aromatic nitrogens is 2. The third-order valence-electron chi connectivity index (χ3n) is 5.77. The number of nitrogens with zero attached hydrogens (tertiary/aromatic N) is 3. The van der Waals surface area contributed by atoms with Crippen molar-refractivity contribution in [2.45, 2.75) is 0 Å². The molecule has 2 aromatic heterocycles. The van der Waals surface area contributed by atoms with Crippen molar-refractivity contribution < 1.29 is 39.1 Å². The molecule has 0 aliphatic heterocycles. The lowest BCUT2D eigenvalue weighted by Crippen LogP contribution is -3.00. The zero-order valence-corrected chi connectivity index (χ0v) is 22.1. The Hall–Kier alpha value is -4.73. The molecule has 5 aromatic rings. The molecule has 3 N–H and O–H groups in total. The Bertz CT molecular complexity index is 1600. The molecule has 0 bridgehead atoms. The highest BCUT2D eigenvalue weighted by Crippen LogP contribution is 2.28. The van der Waals surface area contributed by atoms with E-state index < -0.39 is 4.92 Å². The van der Waals surface area contributed by atoms with E-state index in [2.05, 4.69) is 20.9 Å². The fourth-order valence-corrected chi connectivity index (χ4v) is 3.81. The van der Waals surface area contributed by atoms with E-state index in [0.717, 1.165) is 28.1 Å². The molecule has 39 heavy (non-hydrogen) atoms. The summed E-state index contributed by atoms with van der Waals surface area (Å²) < 4.78 is 1.96. The average molecular weight is 562 g/mol. The van der Waals surface area contributed by atoms with Crippen LogP contribution in [0.3, 0.4) is 0 Å².